The highest BCUT2D eigenvalue weighted by atomic mass is 35.5. The average Bonchev–Trinajstić information content (AvgIpc) is 2.95. The monoisotopic (exact) mass is 387 g/mol. The normalized spacial score (nSPS) is 12.6. The van der Waals surface area contributed by atoms with Gasteiger partial charge in [-0.15, -0.1) is 12.4 Å². The van der Waals surface area contributed by atoms with Crippen molar-refractivity contribution in [2.45, 2.75) is 32.2 Å². The number of rotatable bonds is 8. The highest BCUT2D eigenvalue weighted by molar-refractivity contribution is 7.90. The van der Waals surface area contributed by atoms with Gasteiger partial charge in [0.15, 0.2) is 0 Å². The van der Waals surface area contributed by atoms with Gasteiger partial charge < -0.3 is 16.0 Å². The van der Waals surface area contributed by atoms with Crippen LogP contribution in [0.5, 0.6) is 0 Å². The first kappa shape index (κ1) is 21.5. The second-order valence-electron chi connectivity index (χ2n) is 6.07. The Labute approximate surface area is 154 Å². The van der Waals surface area contributed by atoms with E-state index in [0.29, 0.717) is 13.0 Å². The molecule has 1 atom stereocenters. The SMILES string of the molecule is CCc1cccc2c(CCNC(=O)C(N)CCS(C)(=O)=O)c[nH]c12.Cl. The molecule has 1 amide bonds. The van der Waals surface area contributed by atoms with Crippen LogP contribution >= 0.6 is 12.4 Å². The fraction of sp³-hybridized carbons (Fsp3) is 0.471. The van der Waals surface area contributed by atoms with Crippen LogP contribution in [-0.4, -0.2) is 43.9 Å². The largest absolute Gasteiger partial charge is 0.361 e. The molecule has 0 saturated carbocycles. The van der Waals surface area contributed by atoms with Crippen molar-refractivity contribution in [2.75, 3.05) is 18.6 Å². The number of halogens is 1. The Morgan fingerprint density at radius 2 is 2.04 bits per heavy atom. The van der Waals surface area contributed by atoms with Crippen molar-refractivity contribution in [3.8, 4) is 0 Å². The van der Waals surface area contributed by atoms with Crippen LogP contribution in [0.15, 0.2) is 24.4 Å². The first-order valence-electron chi connectivity index (χ1n) is 8.10. The smallest absolute Gasteiger partial charge is 0.236 e. The van der Waals surface area contributed by atoms with Crippen molar-refractivity contribution in [2.24, 2.45) is 5.73 Å². The van der Waals surface area contributed by atoms with Crippen molar-refractivity contribution in [1.82, 2.24) is 10.3 Å². The van der Waals surface area contributed by atoms with Crippen molar-refractivity contribution >= 4 is 39.1 Å². The van der Waals surface area contributed by atoms with Gasteiger partial charge in [0.2, 0.25) is 5.91 Å². The van der Waals surface area contributed by atoms with Crippen LogP contribution in [0, 0.1) is 0 Å². The highest BCUT2D eigenvalue weighted by Crippen LogP contribution is 2.22. The number of aryl methyl sites for hydroxylation is 1. The number of carbonyl (C=O) groups is 1. The average molecular weight is 388 g/mol. The minimum absolute atomic E-state index is 0. The fourth-order valence-corrected chi connectivity index (χ4v) is 3.38. The summed E-state index contributed by atoms with van der Waals surface area (Å²) in [7, 11) is -3.10. The van der Waals surface area contributed by atoms with E-state index < -0.39 is 15.9 Å². The lowest BCUT2D eigenvalue weighted by Gasteiger charge is -2.11. The molecule has 1 heterocycles. The molecular formula is C17H26ClN3O3S. The maximum atomic E-state index is 11.9. The first-order valence-corrected chi connectivity index (χ1v) is 10.2. The second kappa shape index (κ2) is 9.22. The summed E-state index contributed by atoms with van der Waals surface area (Å²) < 4.78 is 22.2. The van der Waals surface area contributed by atoms with Gasteiger partial charge in [-0.3, -0.25) is 4.79 Å². The molecule has 0 aliphatic carbocycles. The molecule has 6 nitrogen and oxygen atoms in total. The summed E-state index contributed by atoms with van der Waals surface area (Å²) in [6.45, 7) is 2.59. The summed E-state index contributed by atoms with van der Waals surface area (Å²) in [5.41, 5.74) is 9.29. The van der Waals surface area contributed by atoms with E-state index in [4.69, 9.17) is 5.73 Å². The van der Waals surface area contributed by atoms with E-state index in [1.54, 1.807) is 0 Å². The maximum Gasteiger partial charge on any atom is 0.236 e. The van der Waals surface area contributed by atoms with E-state index in [9.17, 15) is 13.2 Å². The number of carbonyl (C=O) groups excluding carboxylic acids is 1. The molecule has 2 aromatic rings. The third-order valence-corrected chi connectivity index (χ3v) is 5.08. The molecule has 25 heavy (non-hydrogen) atoms. The van der Waals surface area contributed by atoms with E-state index in [1.165, 1.54) is 10.9 Å². The first-order chi connectivity index (χ1) is 11.3. The Hall–Kier alpha value is -1.57. The lowest BCUT2D eigenvalue weighted by molar-refractivity contribution is -0.122. The van der Waals surface area contributed by atoms with Crippen molar-refractivity contribution in [3.63, 3.8) is 0 Å². The molecule has 1 aromatic carbocycles. The van der Waals surface area contributed by atoms with E-state index in [0.717, 1.165) is 23.8 Å². The maximum absolute atomic E-state index is 11.9. The van der Waals surface area contributed by atoms with E-state index in [2.05, 4.69) is 29.4 Å². The Balaban J connectivity index is 0.00000312. The van der Waals surface area contributed by atoms with Gasteiger partial charge in [-0.2, -0.15) is 0 Å². The minimum atomic E-state index is -3.10. The Morgan fingerprint density at radius 3 is 2.68 bits per heavy atom. The number of hydrogen-bond acceptors (Lipinski definition) is 4. The van der Waals surface area contributed by atoms with Gasteiger partial charge in [-0.05, 0) is 30.4 Å². The summed E-state index contributed by atoms with van der Waals surface area (Å²) >= 11 is 0. The van der Waals surface area contributed by atoms with E-state index in [-0.39, 0.29) is 30.5 Å². The zero-order chi connectivity index (χ0) is 17.7. The Morgan fingerprint density at radius 1 is 1.32 bits per heavy atom. The molecule has 0 fully saturated rings. The molecule has 0 spiro atoms. The number of para-hydroxylation sites is 1. The quantitative estimate of drug-likeness (QED) is 0.639. The summed E-state index contributed by atoms with van der Waals surface area (Å²) in [4.78, 5) is 15.2. The third kappa shape index (κ3) is 6.02. The predicted octanol–water partition coefficient (Wildman–Crippen LogP) is 1.57. The molecule has 2 rings (SSSR count). The molecule has 0 bridgehead atoms. The van der Waals surface area contributed by atoms with Crippen LogP contribution < -0.4 is 11.1 Å². The number of benzene rings is 1. The molecule has 1 unspecified atom stereocenters. The predicted molar refractivity (Wildman–Crippen MR) is 104 cm³/mol. The van der Waals surface area contributed by atoms with Gasteiger partial charge >= 0.3 is 0 Å². The van der Waals surface area contributed by atoms with E-state index in [1.807, 2.05) is 12.3 Å². The third-order valence-electron chi connectivity index (χ3n) is 4.10. The molecular weight excluding hydrogens is 362 g/mol. The van der Waals surface area contributed by atoms with Crippen molar-refractivity contribution in [1.29, 1.82) is 0 Å². The number of nitrogens with two attached hydrogens (primary N) is 1. The van der Waals surface area contributed by atoms with Crippen LogP contribution in [0.3, 0.4) is 0 Å². The molecule has 4 N–H and O–H groups in total. The summed E-state index contributed by atoms with van der Waals surface area (Å²) in [5, 5.41) is 3.95. The summed E-state index contributed by atoms with van der Waals surface area (Å²) in [6, 6.07) is 5.41. The number of fused-ring (bicyclic) bond motifs is 1. The molecule has 0 aliphatic heterocycles. The Bertz CT molecular complexity index is 818. The zero-order valence-corrected chi connectivity index (χ0v) is 16.2. The van der Waals surface area contributed by atoms with Gasteiger partial charge in [0.05, 0.1) is 11.8 Å². The highest BCUT2D eigenvalue weighted by Gasteiger charge is 2.15. The summed E-state index contributed by atoms with van der Waals surface area (Å²) in [5.74, 6) is -0.392. The number of aromatic amines is 1. The molecule has 1 aromatic heterocycles. The number of nitrogens with one attached hydrogen (secondary N) is 2. The molecule has 8 heteroatoms. The van der Waals surface area contributed by atoms with E-state index >= 15 is 0 Å². The minimum Gasteiger partial charge on any atom is -0.361 e. The number of aromatic nitrogens is 1. The lowest BCUT2D eigenvalue weighted by atomic mass is 10.1. The van der Waals surface area contributed by atoms with Crippen molar-refractivity contribution in [3.05, 3.63) is 35.5 Å². The second-order valence-corrected chi connectivity index (χ2v) is 8.33. The van der Waals surface area contributed by atoms with Crippen LogP contribution in [0.2, 0.25) is 0 Å². The van der Waals surface area contributed by atoms with Gasteiger partial charge in [0, 0.05) is 29.9 Å². The van der Waals surface area contributed by atoms with Gasteiger partial charge in [0.1, 0.15) is 9.84 Å². The van der Waals surface area contributed by atoms with Gasteiger partial charge in [-0.1, -0.05) is 25.1 Å². The van der Waals surface area contributed by atoms with Crippen LogP contribution in [0.4, 0.5) is 0 Å². The summed E-state index contributed by atoms with van der Waals surface area (Å²) in [6.07, 6.45) is 4.90. The molecule has 0 saturated heterocycles. The van der Waals surface area contributed by atoms with Crippen LogP contribution in [0.25, 0.3) is 10.9 Å². The molecule has 140 valence electrons. The number of hydrogen-bond donors (Lipinski definition) is 3. The lowest BCUT2D eigenvalue weighted by Crippen LogP contribution is -2.42. The van der Waals surface area contributed by atoms with Crippen molar-refractivity contribution < 1.29 is 13.2 Å². The topological polar surface area (TPSA) is 105 Å². The number of amides is 1. The Kier molecular flexibility index (Phi) is 7.92. The van der Waals surface area contributed by atoms with Gasteiger partial charge in [0.25, 0.3) is 0 Å². The number of sulfone groups is 1. The molecule has 0 radical (unpaired) electrons. The molecule has 0 aliphatic rings. The number of H-pyrrole nitrogens is 1. The standard InChI is InChI=1S/C17H25N3O3S.ClH/c1-3-12-5-4-6-14-13(11-20-16(12)14)7-9-19-17(21)15(18)8-10-24(2,22)23;/h4-6,11,15,20H,3,7-10,18H2,1-2H3,(H,19,21);1H. The van der Waals surface area contributed by atoms with Crippen LogP contribution in [-0.2, 0) is 27.5 Å². The van der Waals surface area contributed by atoms with Crippen LogP contribution in [0.1, 0.15) is 24.5 Å². The van der Waals surface area contributed by atoms with Gasteiger partial charge in [-0.25, -0.2) is 8.42 Å². The fourth-order valence-electron chi connectivity index (χ4n) is 2.70. The zero-order valence-electron chi connectivity index (χ0n) is 14.5.